The molecule has 5 nitrogen and oxygen atoms in total. The lowest BCUT2D eigenvalue weighted by atomic mass is 10.1. The number of pyridine rings is 1. The third-order valence-corrected chi connectivity index (χ3v) is 2.75. The summed E-state index contributed by atoms with van der Waals surface area (Å²) in [6, 6.07) is 6.61. The van der Waals surface area contributed by atoms with Crippen LogP contribution in [0.5, 0.6) is 0 Å². The largest absolute Gasteiger partial charge is 0.369 e. The van der Waals surface area contributed by atoms with Crippen molar-refractivity contribution in [3.05, 3.63) is 40.6 Å². The highest BCUT2D eigenvalue weighted by Crippen LogP contribution is 2.29. The monoisotopic (exact) mass is 255 g/mol. The van der Waals surface area contributed by atoms with Crippen LogP contribution in [0.2, 0.25) is 0 Å². The lowest BCUT2D eigenvalue weighted by Gasteiger charge is -2.22. The molecule has 0 radical (unpaired) electrons. The van der Waals surface area contributed by atoms with E-state index in [4.69, 9.17) is 6.42 Å². The molecule has 2 rings (SSSR count). The van der Waals surface area contributed by atoms with E-state index in [1.807, 2.05) is 13.8 Å². The van der Waals surface area contributed by atoms with Crippen molar-refractivity contribution < 1.29 is 4.92 Å². The molecular weight excluding hydrogens is 242 g/mol. The summed E-state index contributed by atoms with van der Waals surface area (Å²) in [4.78, 5) is 14.6. The molecule has 1 N–H and O–H groups in total. The first-order valence-corrected chi connectivity index (χ1v) is 5.73. The van der Waals surface area contributed by atoms with E-state index in [0.29, 0.717) is 10.9 Å². The maximum absolute atomic E-state index is 11.0. The number of nitrogens with one attached hydrogen (secondary N) is 1. The fourth-order valence-corrected chi connectivity index (χ4v) is 1.79. The van der Waals surface area contributed by atoms with E-state index >= 15 is 0 Å². The van der Waals surface area contributed by atoms with Gasteiger partial charge in [0.1, 0.15) is 5.52 Å². The number of para-hydroxylation sites is 1. The van der Waals surface area contributed by atoms with Gasteiger partial charge in [0.2, 0.25) is 0 Å². The van der Waals surface area contributed by atoms with E-state index in [9.17, 15) is 10.1 Å². The highest BCUT2D eigenvalue weighted by atomic mass is 16.6. The van der Waals surface area contributed by atoms with E-state index in [2.05, 4.69) is 16.2 Å². The van der Waals surface area contributed by atoms with Gasteiger partial charge in [0.05, 0.1) is 10.5 Å². The van der Waals surface area contributed by atoms with Gasteiger partial charge in [-0.05, 0) is 19.9 Å². The molecule has 1 aromatic carbocycles. The summed E-state index contributed by atoms with van der Waals surface area (Å²) in [7, 11) is 0. The van der Waals surface area contributed by atoms with E-state index in [1.165, 1.54) is 12.3 Å². The normalized spacial score (nSPS) is 11.0. The number of anilines is 1. The highest BCUT2D eigenvalue weighted by Gasteiger charge is 2.18. The Bertz CT molecular complexity index is 687. The molecule has 0 amide bonds. The second kappa shape index (κ2) is 4.58. The molecule has 0 aliphatic heterocycles. The van der Waals surface area contributed by atoms with Gasteiger partial charge in [0.25, 0.3) is 5.69 Å². The summed E-state index contributed by atoms with van der Waals surface area (Å²) in [5, 5.41) is 14.8. The Hall–Kier alpha value is -2.61. The number of non-ortho nitro benzene ring substituents is 1. The minimum Gasteiger partial charge on any atom is -0.369 e. The van der Waals surface area contributed by atoms with Crippen molar-refractivity contribution in [2.75, 3.05) is 5.32 Å². The van der Waals surface area contributed by atoms with Crippen molar-refractivity contribution in [3.63, 3.8) is 0 Å². The summed E-state index contributed by atoms with van der Waals surface area (Å²) in [6.07, 6.45) is 6.97. The van der Waals surface area contributed by atoms with Crippen molar-refractivity contribution in [2.45, 2.75) is 19.4 Å². The number of aromatic nitrogens is 1. The Balaban J connectivity index is 2.62. The summed E-state index contributed by atoms with van der Waals surface area (Å²) in [5.74, 6) is 2.63. The zero-order valence-corrected chi connectivity index (χ0v) is 10.7. The molecule has 96 valence electrons. The van der Waals surface area contributed by atoms with Crippen LogP contribution in [0.25, 0.3) is 10.9 Å². The van der Waals surface area contributed by atoms with Crippen molar-refractivity contribution in [1.29, 1.82) is 0 Å². The molecule has 1 aromatic heterocycles. The van der Waals surface area contributed by atoms with Gasteiger partial charge in [-0.3, -0.25) is 10.1 Å². The lowest BCUT2D eigenvalue weighted by molar-refractivity contribution is -0.383. The Labute approximate surface area is 110 Å². The summed E-state index contributed by atoms with van der Waals surface area (Å²) < 4.78 is 0. The summed E-state index contributed by atoms with van der Waals surface area (Å²) >= 11 is 0. The van der Waals surface area contributed by atoms with Crippen molar-refractivity contribution in [2.24, 2.45) is 0 Å². The third kappa shape index (κ3) is 2.47. The fourth-order valence-electron chi connectivity index (χ4n) is 1.79. The zero-order chi connectivity index (χ0) is 14.0. The van der Waals surface area contributed by atoms with E-state index in [1.54, 1.807) is 18.2 Å². The van der Waals surface area contributed by atoms with Gasteiger partial charge in [-0.1, -0.05) is 18.1 Å². The van der Waals surface area contributed by atoms with Gasteiger partial charge in [0.15, 0.2) is 0 Å². The van der Waals surface area contributed by atoms with Crippen LogP contribution in [0, 0.1) is 22.5 Å². The smallest absolute Gasteiger partial charge is 0.295 e. The number of nitro benzene ring substituents is 1. The van der Waals surface area contributed by atoms with Crippen molar-refractivity contribution in [1.82, 2.24) is 4.98 Å². The van der Waals surface area contributed by atoms with Crippen LogP contribution in [-0.4, -0.2) is 15.4 Å². The molecule has 19 heavy (non-hydrogen) atoms. The second-order valence-electron chi connectivity index (χ2n) is 4.68. The van der Waals surface area contributed by atoms with E-state index in [-0.39, 0.29) is 5.69 Å². The third-order valence-electron chi connectivity index (χ3n) is 2.75. The first-order valence-electron chi connectivity index (χ1n) is 5.73. The Morgan fingerprint density at radius 3 is 2.79 bits per heavy atom. The van der Waals surface area contributed by atoms with Gasteiger partial charge in [-0.15, -0.1) is 6.42 Å². The number of nitro groups is 1. The number of hydrogen-bond acceptors (Lipinski definition) is 4. The Morgan fingerprint density at radius 2 is 2.16 bits per heavy atom. The number of nitrogens with zero attached hydrogens (tertiary/aromatic N) is 2. The first kappa shape index (κ1) is 12.8. The van der Waals surface area contributed by atoms with Crippen LogP contribution in [0.15, 0.2) is 30.5 Å². The topological polar surface area (TPSA) is 68.1 Å². The van der Waals surface area contributed by atoms with Gasteiger partial charge >= 0.3 is 0 Å². The molecular formula is C14H13N3O2. The minimum atomic E-state index is -0.543. The standard InChI is InChI=1S/C14H13N3O2/c1-4-14(2,3)16-11-8-9-15-13-10(11)6-5-7-12(13)17(18)19/h1,5-9H,2-3H3,(H,15,16). The highest BCUT2D eigenvalue weighted by molar-refractivity contribution is 5.96. The molecule has 0 aliphatic rings. The maximum Gasteiger partial charge on any atom is 0.295 e. The number of hydrogen-bond donors (Lipinski definition) is 1. The Kier molecular flexibility index (Phi) is 3.09. The number of rotatable bonds is 3. The van der Waals surface area contributed by atoms with E-state index < -0.39 is 10.5 Å². The molecule has 0 atom stereocenters. The predicted molar refractivity (Wildman–Crippen MR) is 74.9 cm³/mol. The molecule has 1 heterocycles. The summed E-state index contributed by atoms with van der Waals surface area (Å²) in [6.45, 7) is 3.72. The van der Waals surface area contributed by atoms with Gasteiger partial charge in [-0.25, -0.2) is 4.98 Å². The zero-order valence-electron chi connectivity index (χ0n) is 10.7. The van der Waals surface area contributed by atoms with E-state index in [0.717, 1.165) is 5.69 Å². The van der Waals surface area contributed by atoms with Crippen LogP contribution in [0.3, 0.4) is 0 Å². The quantitative estimate of drug-likeness (QED) is 0.520. The van der Waals surface area contributed by atoms with Crippen LogP contribution in [-0.2, 0) is 0 Å². The van der Waals surface area contributed by atoms with Crippen molar-refractivity contribution >= 4 is 22.3 Å². The molecule has 2 aromatic rings. The van der Waals surface area contributed by atoms with Crippen LogP contribution >= 0.6 is 0 Å². The Morgan fingerprint density at radius 1 is 1.42 bits per heavy atom. The maximum atomic E-state index is 11.0. The average molecular weight is 255 g/mol. The minimum absolute atomic E-state index is 0.0142. The molecule has 0 unspecified atom stereocenters. The van der Waals surface area contributed by atoms with Crippen LogP contribution < -0.4 is 5.32 Å². The number of fused-ring (bicyclic) bond motifs is 1. The van der Waals surface area contributed by atoms with Crippen LogP contribution in [0.1, 0.15) is 13.8 Å². The first-order chi connectivity index (χ1) is 8.94. The SMILES string of the molecule is C#CC(C)(C)Nc1ccnc2c([N+](=O)[O-])cccc12. The predicted octanol–water partition coefficient (Wildman–Crippen LogP) is 2.97. The molecule has 5 heteroatoms. The number of benzene rings is 1. The fraction of sp³-hybridized carbons (Fsp3) is 0.214. The molecule has 0 bridgehead atoms. The van der Waals surface area contributed by atoms with Gasteiger partial charge in [0, 0.05) is 23.3 Å². The average Bonchev–Trinajstić information content (AvgIpc) is 2.38. The second-order valence-corrected chi connectivity index (χ2v) is 4.68. The molecule has 0 saturated carbocycles. The number of terminal acetylenes is 1. The van der Waals surface area contributed by atoms with Gasteiger partial charge < -0.3 is 5.32 Å². The molecule has 0 fully saturated rings. The van der Waals surface area contributed by atoms with Gasteiger partial charge in [-0.2, -0.15) is 0 Å². The van der Waals surface area contributed by atoms with Crippen LogP contribution in [0.4, 0.5) is 11.4 Å². The molecule has 0 aliphatic carbocycles. The summed E-state index contributed by atoms with van der Waals surface area (Å²) in [5.41, 5.74) is 0.528. The van der Waals surface area contributed by atoms with Crippen molar-refractivity contribution in [3.8, 4) is 12.3 Å². The molecule has 0 spiro atoms. The molecule has 0 saturated heterocycles. The lowest BCUT2D eigenvalue weighted by Crippen LogP contribution is -2.28.